The molecule has 1 aliphatic carbocycles. The molecule has 1 saturated carbocycles. The maximum Gasteiger partial charge on any atom is 0.150 e. The van der Waals surface area contributed by atoms with Crippen LogP contribution in [-0.4, -0.2) is 16.5 Å². The summed E-state index contributed by atoms with van der Waals surface area (Å²) in [6.07, 6.45) is 4.67. The minimum atomic E-state index is 0.622. The monoisotopic (exact) mass is 200 g/mol. The third kappa shape index (κ3) is 1.27. The molecule has 0 amide bonds. The topological polar surface area (TPSA) is 45.8 Å². The lowest BCUT2D eigenvalue weighted by atomic mass is 9.82. The second-order valence-electron chi connectivity index (χ2n) is 4.16. The SMILES string of the molecule is O=Cc1ccc2n[nH]c(C3CCC3)c2c1. The average Bonchev–Trinajstić information content (AvgIpc) is 2.59. The van der Waals surface area contributed by atoms with Crippen LogP contribution in [0.25, 0.3) is 10.9 Å². The molecule has 0 aliphatic heterocycles. The molecule has 0 bridgehead atoms. The van der Waals surface area contributed by atoms with Gasteiger partial charge in [0.15, 0.2) is 0 Å². The summed E-state index contributed by atoms with van der Waals surface area (Å²) in [7, 11) is 0. The molecule has 1 N–H and O–H groups in total. The van der Waals surface area contributed by atoms with Gasteiger partial charge >= 0.3 is 0 Å². The van der Waals surface area contributed by atoms with Crippen LogP contribution in [0.4, 0.5) is 0 Å². The summed E-state index contributed by atoms with van der Waals surface area (Å²) in [5, 5.41) is 8.47. The molecular formula is C12H12N2O. The average molecular weight is 200 g/mol. The van der Waals surface area contributed by atoms with E-state index in [0.717, 1.165) is 22.8 Å². The van der Waals surface area contributed by atoms with Gasteiger partial charge in [0.2, 0.25) is 0 Å². The number of rotatable bonds is 2. The predicted molar refractivity (Wildman–Crippen MR) is 58.1 cm³/mol. The molecule has 1 aromatic carbocycles. The van der Waals surface area contributed by atoms with Crippen LogP contribution < -0.4 is 0 Å². The van der Waals surface area contributed by atoms with Crippen molar-refractivity contribution in [2.45, 2.75) is 25.2 Å². The lowest BCUT2D eigenvalue weighted by Gasteiger charge is -2.24. The lowest BCUT2D eigenvalue weighted by molar-refractivity contribution is 0.112. The molecule has 3 nitrogen and oxygen atoms in total. The fourth-order valence-electron chi connectivity index (χ4n) is 2.13. The first kappa shape index (κ1) is 8.65. The maximum absolute atomic E-state index is 10.7. The van der Waals surface area contributed by atoms with E-state index in [9.17, 15) is 4.79 Å². The van der Waals surface area contributed by atoms with E-state index in [1.165, 1.54) is 25.0 Å². The van der Waals surface area contributed by atoms with Crippen molar-refractivity contribution >= 4 is 17.2 Å². The van der Waals surface area contributed by atoms with E-state index in [-0.39, 0.29) is 0 Å². The first-order valence-electron chi connectivity index (χ1n) is 5.31. The molecule has 3 heteroatoms. The van der Waals surface area contributed by atoms with Gasteiger partial charge in [-0.2, -0.15) is 5.10 Å². The molecule has 0 atom stereocenters. The normalized spacial score (nSPS) is 16.5. The molecule has 0 spiro atoms. The summed E-state index contributed by atoms with van der Waals surface area (Å²) in [5.74, 6) is 0.622. The van der Waals surface area contributed by atoms with Gasteiger partial charge in [-0.25, -0.2) is 0 Å². The van der Waals surface area contributed by atoms with Crippen molar-refractivity contribution in [3.05, 3.63) is 29.5 Å². The Bertz CT molecular complexity index is 511. The van der Waals surface area contributed by atoms with Crippen molar-refractivity contribution in [2.24, 2.45) is 0 Å². The smallest absolute Gasteiger partial charge is 0.150 e. The number of nitrogens with zero attached hydrogens (tertiary/aromatic N) is 1. The number of hydrogen-bond donors (Lipinski definition) is 1. The summed E-state index contributed by atoms with van der Waals surface area (Å²) >= 11 is 0. The van der Waals surface area contributed by atoms with Gasteiger partial charge in [-0.05, 0) is 31.0 Å². The molecule has 76 valence electrons. The van der Waals surface area contributed by atoms with Gasteiger partial charge in [-0.1, -0.05) is 6.42 Å². The highest BCUT2D eigenvalue weighted by atomic mass is 16.1. The summed E-state index contributed by atoms with van der Waals surface area (Å²) in [6, 6.07) is 5.64. The highest BCUT2D eigenvalue weighted by molar-refractivity contribution is 5.88. The molecule has 0 radical (unpaired) electrons. The van der Waals surface area contributed by atoms with Gasteiger partial charge < -0.3 is 0 Å². The van der Waals surface area contributed by atoms with E-state index in [1.807, 2.05) is 12.1 Å². The third-order valence-electron chi connectivity index (χ3n) is 3.26. The van der Waals surface area contributed by atoms with Crippen molar-refractivity contribution in [1.29, 1.82) is 0 Å². The zero-order valence-electron chi connectivity index (χ0n) is 8.36. The number of fused-ring (bicyclic) bond motifs is 1. The number of benzene rings is 1. The van der Waals surface area contributed by atoms with E-state index >= 15 is 0 Å². The molecule has 0 saturated heterocycles. The third-order valence-corrected chi connectivity index (χ3v) is 3.26. The Kier molecular flexibility index (Phi) is 1.84. The van der Waals surface area contributed by atoms with Crippen LogP contribution in [0.15, 0.2) is 18.2 Å². The highest BCUT2D eigenvalue weighted by Crippen LogP contribution is 2.38. The van der Waals surface area contributed by atoms with Gasteiger partial charge in [-0.3, -0.25) is 9.89 Å². The van der Waals surface area contributed by atoms with E-state index in [1.54, 1.807) is 6.07 Å². The first-order chi connectivity index (χ1) is 7.38. The van der Waals surface area contributed by atoms with Gasteiger partial charge in [-0.15, -0.1) is 0 Å². The van der Waals surface area contributed by atoms with Gasteiger partial charge in [0.25, 0.3) is 0 Å². The zero-order chi connectivity index (χ0) is 10.3. The zero-order valence-corrected chi connectivity index (χ0v) is 8.36. The largest absolute Gasteiger partial charge is 0.298 e. The molecule has 1 aromatic heterocycles. The van der Waals surface area contributed by atoms with Crippen LogP contribution in [-0.2, 0) is 0 Å². The van der Waals surface area contributed by atoms with Crippen molar-refractivity contribution in [1.82, 2.24) is 10.2 Å². The fraction of sp³-hybridized carbons (Fsp3) is 0.333. The number of aromatic amines is 1. The number of hydrogen-bond acceptors (Lipinski definition) is 2. The standard InChI is InChI=1S/C12H12N2O/c15-7-8-4-5-11-10(6-8)12(14-13-11)9-2-1-3-9/h4-7,9H,1-3H2,(H,13,14). The molecular weight excluding hydrogens is 188 g/mol. The van der Waals surface area contributed by atoms with Crippen molar-refractivity contribution in [3.63, 3.8) is 0 Å². The molecule has 15 heavy (non-hydrogen) atoms. The maximum atomic E-state index is 10.7. The van der Waals surface area contributed by atoms with E-state index in [2.05, 4.69) is 10.2 Å². The Morgan fingerprint density at radius 1 is 1.40 bits per heavy atom. The second-order valence-corrected chi connectivity index (χ2v) is 4.16. The van der Waals surface area contributed by atoms with Crippen molar-refractivity contribution in [2.75, 3.05) is 0 Å². The highest BCUT2D eigenvalue weighted by Gasteiger charge is 2.23. The van der Waals surface area contributed by atoms with Gasteiger partial charge in [0, 0.05) is 22.6 Å². The van der Waals surface area contributed by atoms with Crippen LogP contribution in [0.1, 0.15) is 41.2 Å². The second kappa shape index (κ2) is 3.19. The Morgan fingerprint density at radius 3 is 2.93 bits per heavy atom. The number of aromatic nitrogens is 2. The Morgan fingerprint density at radius 2 is 2.27 bits per heavy atom. The molecule has 2 aromatic rings. The summed E-state index contributed by atoms with van der Waals surface area (Å²) < 4.78 is 0. The lowest BCUT2D eigenvalue weighted by Crippen LogP contribution is -2.09. The molecule has 1 aliphatic rings. The Balaban J connectivity index is 2.16. The number of carbonyl (C=O) groups is 1. The molecule has 1 fully saturated rings. The van der Waals surface area contributed by atoms with Crippen LogP contribution in [0.2, 0.25) is 0 Å². The van der Waals surface area contributed by atoms with Crippen LogP contribution in [0.5, 0.6) is 0 Å². The van der Waals surface area contributed by atoms with Crippen molar-refractivity contribution in [3.8, 4) is 0 Å². The van der Waals surface area contributed by atoms with Gasteiger partial charge in [0.1, 0.15) is 6.29 Å². The Hall–Kier alpha value is -1.64. The van der Waals surface area contributed by atoms with Crippen LogP contribution in [0, 0.1) is 0 Å². The summed E-state index contributed by atoms with van der Waals surface area (Å²) in [6.45, 7) is 0. The quantitative estimate of drug-likeness (QED) is 0.757. The number of nitrogens with one attached hydrogen (secondary N) is 1. The minimum Gasteiger partial charge on any atom is -0.298 e. The molecule has 1 heterocycles. The van der Waals surface area contributed by atoms with Crippen LogP contribution in [0.3, 0.4) is 0 Å². The predicted octanol–water partition coefficient (Wildman–Crippen LogP) is 2.64. The number of aldehydes is 1. The minimum absolute atomic E-state index is 0.622. The Labute approximate surface area is 87.5 Å². The van der Waals surface area contributed by atoms with Crippen LogP contribution >= 0.6 is 0 Å². The fourth-order valence-corrected chi connectivity index (χ4v) is 2.13. The first-order valence-corrected chi connectivity index (χ1v) is 5.31. The molecule has 3 rings (SSSR count). The van der Waals surface area contributed by atoms with E-state index in [4.69, 9.17) is 0 Å². The van der Waals surface area contributed by atoms with E-state index < -0.39 is 0 Å². The van der Waals surface area contributed by atoms with Gasteiger partial charge in [0.05, 0.1) is 5.52 Å². The summed E-state index contributed by atoms with van der Waals surface area (Å²) in [5.41, 5.74) is 2.90. The molecule has 0 unspecified atom stereocenters. The summed E-state index contributed by atoms with van der Waals surface area (Å²) in [4.78, 5) is 10.7. The van der Waals surface area contributed by atoms with Crippen molar-refractivity contribution < 1.29 is 4.79 Å². The number of H-pyrrole nitrogens is 1. The van der Waals surface area contributed by atoms with E-state index in [0.29, 0.717) is 5.92 Å². The number of carbonyl (C=O) groups excluding carboxylic acids is 1.